The molecule has 0 aliphatic rings. The molecule has 1 aromatic rings. The Morgan fingerprint density at radius 3 is 2.17 bits per heavy atom. The first-order valence-corrected chi connectivity index (χ1v) is 7.76. The first kappa shape index (κ1) is 21.4. The molecule has 2 amide bonds. The fourth-order valence-corrected chi connectivity index (χ4v) is 2.01. The summed E-state index contributed by atoms with van der Waals surface area (Å²) in [4.78, 5) is 23.6. The first-order valence-electron chi connectivity index (χ1n) is 7.76. The third-order valence-corrected chi connectivity index (χ3v) is 3.71. The fraction of sp³-hybridized carbons (Fsp3) is 0.529. The average molecular weight is 342 g/mol. The Morgan fingerprint density at radius 1 is 1.13 bits per heavy atom. The fourth-order valence-electron chi connectivity index (χ4n) is 2.01. The number of carbonyl (C=O) groups excluding carboxylic acids is 2. The normalized spacial score (nSPS) is 13.0. The first-order chi connectivity index (χ1) is 10.3. The summed E-state index contributed by atoms with van der Waals surface area (Å²) < 4.78 is 0. The average Bonchev–Trinajstić information content (AvgIpc) is 2.51. The lowest BCUT2D eigenvalue weighted by atomic mass is 10.0. The highest BCUT2D eigenvalue weighted by Gasteiger charge is 2.18. The topological polar surface area (TPSA) is 84.2 Å². The standard InChI is InChI=1S/C17H27N3O2.ClH/c1-5-13-6-8-14(9-7-13)12(4)20-15(21)10-19-17(22)16(18)11(2)3;/h6-9,11-12,16H,5,10,18H2,1-4H3,(H,19,22)(H,20,21);1H/t12?,16-;/m0./s1. The van der Waals surface area contributed by atoms with Gasteiger partial charge in [-0.05, 0) is 30.4 Å². The van der Waals surface area contributed by atoms with E-state index in [9.17, 15) is 9.59 Å². The quantitative estimate of drug-likeness (QED) is 0.708. The van der Waals surface area contributed by atoms with Crippen molar-refractivity contribution in [3.05, 3.63) is 35.4 Å². The molecule has 0 aliphatic heterocycles. The highest BCUT2D eigenvalue weighted by Crippen LogP contribution is 2.13. The number of halogens is 1. The van der Waals surface area contributed by atoms with E-state index in [0.717, 1.165) is 12.0 Å². The van der Waals surface area contributed by atoms with Crippen molar-refractivity contribution in [3.63, 3.8) is 0 Å². The van der Waals surface area contributed by atoms with Crippen molar-refractivity contribution in [2.45, 2.75) is 46.2 Å². The van der Waals surface area contributed by atoms with Crippen LogP contribution in [-0.2, 0) is 16.0 Å². The van der Waals surface area contributed by atoms with Crippen LogP contribution in [0.25, 0.3) is 0 Å². The van der Waals surface area contributed by atoms with Gasteiger partial charge in [-0.25, -0.2) is 0 Å². The molecule has 0 saturated heterocycles. The molecule has 0 bridgehead atoms. The molecule has 0 radical (unpaired) electrons. The van der Waals surface area contributed by atoms with Gasteiger partial charge in [0.15, 0.2) is 0 Å². The van der Waals surface area contributed by atoms with Crippen LogP contribution in [0.2, 0.25) is 0 Å². The van der Waals surface area contributed by atoms with E-state index < -0.39 is 6.04 Å². The molecule has 0 heterocycles. The van der Waals surface area contributed by atoms with E-state index >= 15 is 0 Å². The van der Waals surface area contributed by atoms with Gasteiger partial charge in [-0.15, -0.1) is 12.4 Å². The molecule has 23 heavy (non-hydrogen) atoms. The number of aryl methyl sites for hydroxylation is 1. The summed E-state index contributed by atoms with van der Waals surface area (Å²) in [7, 11) is 0. The van der Waals surface area contributed by atoms with Crippen molar-refractivity contribution in [1.29, 1.82) is 0 Å². The van der Waals surface area contributed by atoms with E-state index in [1.807, 2.05) is 32.9 Å². The number of nitrogens with one attached hydrogen (secondary N) is 2. The highest BCUT2D eigenvalue weighted by molar-refractivity contribution is 5.87. The van der Waals surface area contributed by atoms with Crippen LogP contribution >= 0.6 is 12.4 Å². The maximum Gasteiger partial charge on any atom is 0.239 e. The minimum atomic E-state index is -0.591. The van der Waals surface area contributed by atoms with Gasteiger partial charge in [-0.1, -0.05) is 45.0 Å². The minimum Gasteiger partial charge on any atom is -0.348 e. The van der Waals surface area contributed by atoms with E-state index in [4.69, 9.17) is 5.73 Å². The number of hydrogen-bond acceptors (Lipinski definition) is 3. The van der Waals surface area contributed by atoms with Crippen LogP contribution < -0.4 is 16.4 Å². The number of benzene rings is 1. The van der Waals surface area contributed by atoms with E-state index in [2.05, 4.69) is 29.7 Å². The van der Waals surface area contributed by atoms with Crippen LogP contribution in [0, 0.1) is 5.92 Å². The van der Waals surface area contributed by atoms with Crippen LogP contribution in [0.3, 0.4) is 0 Å². The maximum absolute atomic E-state index is 11.9. The number of carbonyl (C=O) groups is 2. The number of rotatable bonds is 7. The van der Waals surface area contributed by atoms with Crippen molar-refractivity contribution in [3.8, 4) is 0 Å². The van der Waals surface area contributed by atoms with Crippen LogP contribution in [0.15, 0.2) is 24.3 Å². The number of nitrogens with two attached hydrogens (primary N) is 1. The van der Waals surface area contributed by atoms with Crippen LogP contribution in [0.4, 0.5) is 0 Å². The van der Waals surface area contributed by atoms with E-state index in [-0.39, 0.29) is 42.7 Å². The second-order valence-electron chi connectivity index (χ2n) is 5.87. The van der Waals surface area contributed by atoms with E-state index in [0.29, 0.717) is 0 Å². The number of hydrogen-bond donors (Lipinski definition) is 3. The lowest BCUT2D eigenvalue weighted by Gasteiger charge is -2.17. The second kappa shape index (κ2) is 10.2. The van der Waals surface area contributed by atoms with Gasteiger partial charge in [0, 0.05) is 0 Å². The molecule has 1 unspecified atom stereocenters. The molecular formula is C17H28ClN3O2. The summed E-state index contributed by atoms with van der Waals surface area (Å²) in [5.74, 6) is -0.486. The number of amides is 2. The molecular weight excluding hydrogens is 314 g/mol. The lowest BCUT2D eigenvalue weighted by Crippen LogP contribution is -2.47. The zero-order chi connectivity index (χ0) is 16.7. The zero-order valence-electron chi connectivity index (χ0n) is 14.3. The van der Waals surface area contributed by atoms with Gasteiger partial charge in [0.05, 0.1) is 18.6 Å². The third kappa shape index (κ3) is 7.01. The van der Waals surface area contributed by atoms with Crippen molar-refractivity contribution in [2.75, 3.05) is 6.54 Å². The maximum atomic E-state index is 11.9. The van der Waals surface area contributed by atoms with Gasteiger partial charge in [-0.2, -0.15) is 0 Å². The Bertz CT molecular complexity index is 503. The Labute approximate surface area is 144 Å². The summed E-state index contributed by atoms with van der Waals surface area (Å²) >= 11 is 0. The predicted octanol–water partition coefficient (Wildman–Crippen LogP) is 1.95. The van der Waals surface area contributed by atoms with E-state index in [1.54, 1.807) is 0 Å². The molecule has 0 aliphatic carbocycles. The van der Waals surface area contributed by atoms with Crippen LogP contribution in [0.1, 0.15) is 44.9 Å². The third-order valence-electron chi connectivity index (χ3n) is 3.71. The summed E-state index contributed by atoms with van der Waals surface area (Å²) in [5, 5.41) is 5.43. The summed E-state index contributed by atoms with van der Waals surface area (Å²) in [6, 6.07) is 7.44. The molecule has 0 saturated carbocycles. The second-order valence-corrected chi connectivity index (χ2v) is 5.87. The van der Waals surface area contributed by atoms with Gasteiger partial charge in [0.1, 0.15) is 0 Å². The molecule has 6 heteroatoms. The highest BCUT2D eigenvalue weighted by atomic mass is 35.5. The largest absolute Gasteiger partial charge is 0.348 e. The molecule has 0 aromatic heterocycles. The van der Waals surface area contributed by atoms with Gasteiger partial charge in [0.25, 0.3) is 0 Å². The molecule has 2 atom stereocenters. The summed E-state index contributed by atoms with van der Waals surface area (Å²) in [6.45, 7) is 7.70. The van der Waals surface area contributed by atoms with Gasteiger partial charge in [-0.3, -0.25) is 9.59 Å². The Hall–Kier alpha value is -1.59. The van der Waals surface area contributed by atoms with Gasteiger partial charge < -0.3 is 16.4 Å². The van der Waals surface area contributed by atoms with Crippen LogP contribution in [-0.4, -0.2) is 24.4 Å². The Kier molecular flexibility index (Phi) is 9.53. The van der Waals surface area contributed by atoms with Crippen molar-refractivity contribution < 1.29 is 9.59 Å². The summed E-state index contributed by atoms with van der Waals surface area (Å²) in [5.41, 5.74) is 8.02. The SMILES string of the molecule is CCc1ccc(C(C)NC(=O)CNC(=O)[C@@H](N)C(C)C)cc1.Cl. The van der Waals surface area contributed by atoms with Crippen LogP contribution in [0.5, 0.6) is 0 Å². The summed E-state index contributed by atoms with van der Waals surface area (Å²) in [6.07, 6.45) is 0.989. The van der Waals surface area contributed by atoms with Crippen molar-refractivity contribution in [2.24, 2.45) is 11.7 Å². The smallest absolute Gasteiger partial charge is 0.239 e. The zero-order valence-corrected chi connectivity index (χ0v) is 15.1. The van der Waals surface area contributed by atoms with Gasteiger partial charge in [0.2, 0.25) is 11.8 Å². The molecule has 1 aromatic carbocycles. The van der Waals surface area contributed by atoms with Gasteiger partial charge >= 0.3 is 0 Å². The molecule has 5 nitrogen and oxygen atoms in total. The molecule has 4 N–H and O–H groups in total. The molecule has 130 valence electrons. The van der Waals surface area contributed by atoms with E-state index in [1.165, 1.54) is 5.56 Å². The Balaban J connectivity index is 0.00000484. The Morgan fingerprint density at radius 2 is 1.70 bits per heavy atom. The predicted molar refractivity (Wildman–Crippen MR) is 95.4 cm³/mol. The monoisotopic (exact) mass is 341 g/mol. The molecule has 0 spiro atoms. The minimum absolute atomic E-state index is 0. The molecule has 0 fully saturated rings. The lowest BCUT2D eigenvalue weighted by molar-refractivity contribution is -0.127. The molecule has 1 rings (SSSR count). The van der Waals surface area contributed by atoms with Crippen molar-refractivity contribution >= 4 is 24.2 Å². The van der Waals surface area contributed by atoms with Crippen molar-refractivity contribution in [1.82, 2.24) is 10.6 Å².